The van der Waals surface area contributed by atoms with E-state index in [1.54, 1.807) is 0 Å². The number of hydrogen-bond donors (Lipinski definition) is 2. The minimum atomic E-state index is 0.322. The molecular weight excluding hydrogens is 184 g/mol. The molecule has 2 heteroatoms. The van der Waals surface area contributed by atoms with Gasteiger partial charge in [0.05, 0.1) is 0 Å². The normalized spacial score (nSPS) is 28.7. The van der Waals surface area contributed by atoms with Crippen LogP contribution < -0.4 is 11.3 Å². The van der Waals surface area contributed by atoms with E-state index in [1.807, 2.05) is 0 Å². The Morgan fingerprint density at radius 3 is 2.20 bits per heavy atom. The van der Waals surface area contributed by atoms with Gasteiger partial charge < -0.3 is 0 Å². The molecule has 1 fully saturated rings. The first kappa shape index (κ1) is 12.5. The van der Waals surface area contributed by atoms with Gasteiger partial charge in [-0.15, -0.1) is 12.3 Å². The SMILES string of the molecule is C#CCC(NN)C1CCC(C(C)C)CC1. The van der Waals surface area contributed by atoms with E-state index in [1.165, 1.54) is 25.7 Å². The third kappa shape index (κ3) is 3.52. The Balaban J connectivity index is 2.39. The van der Waals surface area contributed by atoms with Crippen molar-refractivity contribution < 1.29 is 0 Å². The summed E-state index contributed by atoms with van der Waals surface area (Å²) in [5.41, 5.74) is 2.87. The fourth-order valence-electron chi connectivity index (χ4n) is 2.70. The summed E-state index contributed by atoms with van der Waals surface area (Å²) in [6.07, 6.45) is 11.3. The van der Waals surface area contributed by atoms with Crippen molar-refractivity contribution in [1.29, 1.82) is 0 Å². The molecule has 86 valence electrons. The molecule has 0 bridgehead atoms. The number of terminal acetylenes is 1. The molecule has 0 aromatic heterocycles. The zero-order valence-electron chi connectivity index (χ0n) is 10.00. The molecule has 0 heterocycles. The van der Waals surface area contributed by atoms with E-state index in [0.717, 1.165) is 18.3 Å². The fourth-order valence-corrected chi connectivity index (χ4v) is 2.70. The number of hydrogen-bond acceptors (Lipinski definition) is 2. The van der Waals surface area contributed by atoms with E-state index in [4.69, 9.17) is 12.3 Å². The topological polar surface area (TPSA) is 38.0 Å². The van der Waals surface area contributed by atoms with Gasteiger partial charge in [0.15, 0.2) is 0 Å². The highest BCUT2D eigenvalue weighted by molar-refractivity contribution is 4.93. The average molecular weight is 208 g/mol. The van der Waals surface area contributed by atoms with Crippen molar-refractivity contribution in [1.82, 2.24) is 5.43 Å². The standard InChI is InChI=1S/C13H24N2/c1-4-5-13(15-14)12-8-6-11(7-9-12)10(2)3/h1,10-13,15H,5-9,14H2,2-3H3. The lowest BCUT2D eigenvalue weighted by molar-refractivity contribution is 0.190. The van der Waals surface area contributed by atoms with Crippen LogP contribution in [0.25, 0.3) is 0 Å². The summed E-state index contributed by atoms with van der Waals surface area (Å²) in [6.45, 7) is 4.65. The summed E-state index contributed by atoms with van der Waals surface area (Å²) in [4.78, 5) is 0. The number of rotatable bonds is 4. The van der Waals surface area contributed by atoms with Gasteiger partial charge in [-0.1, -0.05) is 13.8 Å². The highest BCUT2D eigenvalue weighted by Crippen LogP contribution is 2.35. The van der Waals surface area contributed by atoms with E-state index in [-0.39, 0.29) is 0 Å². The number of nitrogens with one attached hydrogen (secondary N) is 1. The van der Waals surface area contributed by atoms with Crippen LogP contribution >= 0.6 is 0 Å². The minimum absolute atomic E-state index is 0.322. The maximum atomic E-state index is 5.54. The van der Waals surface area contributed by atoms with Gasteiger partial charge in [0.1, 0.15) is 0 Å². The fraction of sp³-hybridized carbons (Fsp3) is 0.846. The Bertz CT molecular complexity index is 209. The molecule has 1 aliphatic rings. The summed E-state index contributed by atoms with van der Waals surface area (Å²) in [6, 6.07) is 0.322. The molecule has 15 heavy (non-hydrogen) atoms. The van der Waals surface area contributed by atoms with Crippen molar-refractivity contribution in [2.75, 3.05) is 0 Å². The number of hydrazine groups is 1. The molecule has 1 unspecified atom stereocenters. The van der Waals surface area contributed by atoms with E-state index in [2.05, 4.69) is 25.2 Å². The van der Waals surface area contributed by atoms with Crippen LogP contribution in [-0.4, -0.2) is 6.04 Å². The van der Waals surface area contributed by atoms with Crippen molar-refractivity contribution in [3.63, 3.8) is 0 Å². The van der Waals surface area contributed by atoms with Gasteiger partial charge in [-0.25, -0.2) is 0 Å². The zero-order chi connectivity index (χ0) is 11.3. The molecule has 2 nitrogen and oxygen atoms in total. The van der Waals surface area contributed by atoms with E-state index < -0.39 is 0 Å². The van der Waals surface area contributed by atoms with E-state index >= 15 is 0 Å². The van der Waals surface area contributed by atoms with E-state index in [9.17, 15) is 0 Å². The summed E-state index contributed by atoms with van der Waals surface area (Å²) >= 11 is 0. The van der Waals surface area contributed by atoms with Crippen LogP contribution in [0.3, 0.4) is 0 Å². The van der Waals surface area contributed by atoms with Crippen molar-refractivity contribution in [3.05, 3.63) is 0 Å². The Hall–Kier alpha value is -0.520. The molecule has 3 N–H and O–H groups in total. The van der Waals surface area contributed by atoms with Gasteiger partial charge in [-0.05, 0) is 43.4 Å². The highest BCUT2D eigenvalue weighted by atomic mass is 15.2. The monoisotopic (exact) mass is 208 g/mol. The van der Waals surface area contributed by atoms with Gasteiger partial charge in [0.2, 0.25) is 0 Å². The van der Waals surface area contributed by atoms with Crippen LogP contribution in [0.1, 0.15) is 46.0 Å². The third-order valence-electron chi connectivity index (χ3n) is 3.88. The summed E-state index contributed by atoms with van der Waals surface area (Å²) in [5, 5.41) is 0. The predicted octanol–water partition coefficient (Wildman–Crippen LogP) is 2.30. The van der Waals surface area contributed by atoms with E-state index in [0.29, 0.717) is 12.0 Å². The first-order valence-corrected chi connectivity index (χ1v) is 6.08. The van der Waals surface area contributed by atoms with Gasteiger partial charge in [0, 0.05) is 12.5 Å². The first-order chi connectivity index (χ1) is 7.19. The molecular formula is C13H24N2. The number of nitrogens with two attached hydrogens (primary N) is 1. The Labute approximate surface area is 94.0 Å². The summed E-state index contributed by atoms with van der Waals surface area (Å²) < 4.78 is 0. The summed E-state index contributed by atoms with van der Waals surface area (Å²) in [5.74, 6) is 10.7. The van der Waals surface area contributed by atoms with Crippen molar-refractivity contribution in [3.8, 4) is 12.3 Å². The lowest BCUT2D eigenvalue weighted by Gasteiger charge is -2.34. The molecule has 0 saturated heterocycles. The molecule has 0 aromatic carbocycles. The van der Waals surface area contributed by atoms with Crippen LogP contribution in [0.2, 0.25) is 0 Å². The minimum Gasteiger partial charge on any atom is -0.271 e. The largest absolute Gasteiger partial charge is 0.271 e. The van der Waals surface area contributed by atoms with Crippen LogP contribution in [0.5, 0.6) is 0 Å². The van der Waals surface area contributed by atoms with Gasteiger partial charge >= 0.3 is 0 Å². The molecule has 0 spiro atoms. The quantitative estimate of drug-likeness (QED) is 0.423. The van der Waals surface area contributed by atoms with Crippen molar-refractivity contribution in [2.24, 2.45) is 23.6 Å². The van der Waals surface area contributed by atoms with Gasteiger partial charge in [-0.3, -0.25) is 11.3 Å². The van der Waals surface area contributed by atoms with Crippen LogP contribution in [-0.2, 0) is 0 Å². The molecule has 1 rings (SSSR count). The third-order valence-corrected chi connectivity index (χ3v) is 3.88. The Morgan fingerprint density at radius 2 is 1.80 bits per heavy atom. The van der Waals surface area contributed by atoms with Crippen molar-refractivity contribution >= 4 is 0 Å². The van der Waals surface area contributed by atoms with Crippen LogP contribution in [0.4, 0.5) is 0 Å². The Morgan fingerprint density at radius 1 is 1.27 bits per heavy atom. The molecule has 0 aromatic rings. The second kappa shape index (κ2) is 6.15. The smallest absolute Gasteiger partial charge is 0.0348 e. The lowest BCUT2D eigenvalue weighted by atomic mass is 9.74. The molecule has 0 amide bonds. The molecule has 1 saturated carbocycles. The lowest BCUT2D eigenvalue weighted by Crippen LogP contribution is -2.42. The maximum Gasteiger partial charge on any atom is 0.0348 e. The molecule has 1 aliphatic carbocycles. The average Bonchev–Trinajstić information content (AvgIpc) is 2.26. The molecule has 1 atom stereocenters. The first-order valence-electron chi connectivity index (χ1n) is 6.08. The summed E-state index contributed by atoms with van der Waals surface area (Å²) in [7, 11) is 0. The predicted molar refractivity (Wildman–Crippen MR) is 64.8 cm³/mol. The maximum absolute atomic E-state index is 5.54. The zero-order valence-corrected chi connectivity index (χ0v) is 10.00. The molecule has 0 aliphatic heterocycles. The van der Waals surface area contributed by atoms with Crippen LogP contribution in [0, 0.1) is 30.1 Å². The highest BCUT2D eigenvalue weighted by Gasteiger charge is 2.27. The molecule has 0 radical (unpaired) electrons. The second-order valence-electron chi connectivity index (χ2n) is 5.10. The second-order valence-corrected chi connectivity index (χ2v) is 5.10. The van der Waals surface area contributed by atoms with Crippen molar-refractivity contribution in [2.45, 2.75) is 52.0 Å². The van der Waals surface area contributed by atoms with Gasteiger partial charge in [-0.2, -0.15) is 0 Å². The van der Waals surface area contributed by atoms with Crippen LogP contribution in [0.15, 0.2) is 0 Å². The van der Waals surface area contributed by atoms with Gasteiger partial charge in [0.25, 0.3) is 0 Å². The Kier molecular flexibility index (Phi) is 5.14.